The van der Waals surface area contributed by atoms with Crippen LogP contribution >= 0.6 is 15.9 Å². The van der Waals surface area contributed by atoms with Crippen LogP contribution in [0.3, 0.4) is 0 Å². The monoisotopic (exact) mass is 280 g/mol. The predicted molar refractivity (Wildman–Crippen MR) is 67.3 cm³/mol. The Morgan fingerprint density at radius 1 is 1.44 bits per heavy atom. The van der Waals surface area contributed by atoms with E-state index in [0.717, 1.165) is 21.7 Å². The number of aromatic nitrogens is 3. The van der Waals surface area contributed by atoms with Crippen molar-refractivity contribution in [3.05, 3.63) is 39.8 Å². The van der Waals surface area contributed by atoms with Crippen LogP contribution < -0.4 is 5.32 Å². The van der Waals surface area contributed by atoms with E-state index in [9.17, 15) is 0 Å². The molecule has 2 N–H and O–H groups in total. The Kier molecular flexibility index (Phi) is 3.24. The van der Waals surface area contributed by atoms with E-state index in [1.807, 2.05) is 19.1 Å². The maximum absolute atomic E-state index is 4.23. The Labute approximate surface area is 103 Å². The number of pyridine rings is 1. The second-order valence-corrected chi connectivity index (χ2v) is 4.55. The summed E-state index contributed by atoms with van der Waals surface area (Å²) < 4.78 is 1.01. The van der Waals surface area contributed by atoms with E-state index in [4.69, 9.17) is 0 Å². The molecule has 0 radical (unpaired) electrons. The quantitative estimate of drug-likeness (QED) is 0.909. The van der Waals surface area contributed by atoms with Crippen LogP contribution in [0.25, 0.3) is 0 Å². The van der Waals surface area contributed by atoms with Gasteiger partial charge in [0.1, 0.15) is 5.82 Å². The Balaban J connectivity index is 2.05. The molecule has 84 valence electrons. The highest BCUT2D eigenvalue weighted by molar-refractivity contribution is 9.10. The second kappa shape index (κ2) is 4.65. The smallest absolute Gasteiger partial charge is 0.127 e. The molecule has 0 saturated carbocycles. The third kappa shape index (κ3) is 2.41. The van der Waals surface area contributed by atoms with Crippen LogP contribution in [-0.4, -0.2) is 15.2 Å². The molecule has 2 aromatic rings. The first-order chi connectivity index (χ1) is 7.66. The fourth-order valence-electron chi connectivity index (χ4n) is 1.38. The predicted octanol–water partition coefficient (Wildman–Crippen LogP) is 2.80. The Bertz CT molecular complexity index is 492. The highest BCUT2D eigenvalue weighted by Crippen LogP contribution is 2.14. The minimum atomic E-state index is 0.680. The summed E-state index contributed by atoms with van der Waals surface area (Å²) in [5.41, 5.74) is 3.33. The largest absolute Gasteiger partial charge is 0.364 e. The minimum absolute atomic E-state index is 0.680. The molecule has 0 fully saturated rings. The third-order valence-corrected chi connectivity index (χ3v) is 3.01. The fourth-order valence-corrected chi connectivity index (χ4v) is 1.72. The lowest BCUT2D eigenvalue weighted by Crippen LogP contribution is -2.02. The van der Waals surface area contributed by atoms with Gasteiger partial charge < -0.3 is 5.32 Å². The summed E-state index contributed by atoms with van der Waals surface area (Å²) in [6, 6.07) is 3.84. The van der Waals surface area contributed by atoms with Gasteiger partial charge >= 0.3 is 0 Å². The van der Waals surface area contributed by atoms with Gasteiger partial charge in [0, 0.05) is 16.4 Å². The van der Waals surface area contributed by atoms with Crippen LogP contribution in [0.2, 0.25) is 0 Å². The third-order valence-electron chi connectivity index (χ3n) is 2.51. The van der Waals surface area contributed by atoms with E-state index in [0.29, 0.717) is 6.54 Å². The Hall–Kier alpha value is -1.36. The number of nitrogens with zero attached hydrogens (tertiary/aromatic N) is 2. The number of hydrogen-bond donors (Lipinski definition) is 2. The van der Waals surface area contributed by atoms with Crippen molar-refractivity contribution in [2.24, 2.45) is 0 Å². The van der Waals surface area contributed by atoms with Gasteiger partial charge in [0.2, 0.25) is 0 Å². The molecule has 5 heteroatoms. The summed E-state index contributed by atoms with van der Waals surface area (Å²) in [6.07, 6.45) is 1.76. The van der Waals surface area contributed by atoms with Crippen molar-refractivity contribution < 1.29 is 0 Å². The van der Waals surface area contributed by atoms with Gasteiger partial charge in [-0.2, -0.15) is 5.10 Å². The lowest BCUT2D eigenvalue weighted by molar-refractivity contribution is 0.960. The number of anilines is 1. The Morgan fingerprint density at radius 3 is 2.88 bits per heavy atom. The molecule has 0 unspecified atom stereocenters. The number of hydrogen-bond acceptors (Lipinski definition) is 3. The van der Waals surface area contributed by atoms with Crippen LogP contribution in [0.1, 0.15) is 17.0 Å². The molecule has 0 aliphatic carbocycles. The molecule has 4 nitrogen and oxygen atoms in total. The van der Waals surface area contributed by atoms with Gasteiger partial charge in [0.15, 0.2) is 0 Å². The number of H-pyrrole nitrogens is 1. The average molecular weight is 281 g/mol. The van der Waals surface area contributed by atoms with Crippen molar-refractivity contribution in [2.75, 3.05) is 5.32 Å². The van der Waals surface area contributed by atoms with Gasteiger partial charge in [-0.05, 0) is 31.5 Å². The highest BCUT2D eigenvalue weighted by atomic mass is 79.9. The summed E-state index contributed by atoms with van der Waals surface area (Å²) in [7, 11) is 0. The molecule has 2 aromatic heterocycles. The summed E-state index contributed by atoms with van der Waals surface area (Å²) in [5.74, 6) is 0.842. The molecular formula is C11H13BrN4. The van der Waals surface area contributed by atoms with Gasteiger partial charge in [-0.15, -0.1) is 0 Å². The molecule has 0 aliphatic rings. The van der Waals surface area contributed by atoms with E-state index in [2.05, 4.69) is 43.4 Å². The van der Waals surface area contributed by atoms with Crippen molar-refractivity contribution >= 4 is 21.7 Å². The van der Waals surface area contributed by atoms with Crippen molar-refractivity contribution in [3.63, 3.8) is 0 Å². The van der Waals surface area contributed by atoms with E-state index in [-0.39, 0.29) is 0 Å². The molecule has 2 rings (SSSR count). The van der Waals surface area contributed by atoms with Crippen molar-refractivity contribution in [3.8, 4) is 0 Å². The minimum Gasteiger partial charge on any atom is -0.364 e. The van der Waals surface area contributed by atoms with Crippen LogP contribution in [-0.2, 0) is 6.54 Å². The van der Waals surface area contributed by atoms with Gasteiger partial charge in [-0.3, -0.25) is 5.10 Å². The lowest BCUT2D eigenvalue weighted by atomic mass is 10.2. The summed E-state index contributed by atoms with van der Waals surface area (Å²) in [6.45, 7) is 4.76. The second-order valence-electron chi connectivity index (χ2n) is 3.63. The van der Waals surface area contributed by atoms with Gasteiger partial charge in [-0.1, -0.05) is 15.9 Å². The first-order valence-corrected chi connectivity index (χ1v) is 5.82. The Morgan fingerprint density at radius 2 is 2.25 bits per heavy atom. The average Bonchev–Trinajstić information content (AvgIpc) is 2.57. The molecule has 0 saturated heterocycles. The summed E-state index contributed by atoms with van der Waals surface area (Å²) in [4.78, 5) is 4.21. The van der Waals surface area contributed by atoms with Crippen LogP contribution in [0.15, 0.2) is 22.8 Å². The molecule has 0 amide bonds. The van der Waals surface area contributed by atoms with Crippen molar-refractivity contribution in [1.82, 2.24) is 15.2 Å². The zero-order valence-electron chi connectivity index (χ0n) is 9.21. The number of aryl methyl sites for hydroxylation is 1. The number of aromatic amines is 1. The molecular weight excluding hydrogens is 268 g/mol. The molecule has 0 spiro atoms. The summed E-state index contributed by atoms with van der Waals surface area (Å²) >= 11 is 3.41. The van der Waals surface area contributed by atoms with Crippen LogP contribution in [0.5, 0.6) is 0 Å². The number of halogens is 1. The summed E-state index contributed by atoms with van der Waals surface area (Å²) in [5, 5.41) is 10.4. The normalized spacial score (nSPS) is 10.4. The zero-order valence-corrected chi connectivity index (χ0v) is 10.8. The van der Waals surface area contributed by atoms with Gasteiger partial charge in [-0.25, -0.2) is 4.98 Å². The van der Waals surface area contributed by atoms with E-state index in [1.165, 1.54) is 5.56 Å². The SMILES string of the molecule is Cc1[nH]nc(CNc2cc(Br)ccn2)c1C. The fraction of sp³-hybridized carbons (Fsp3) is 0.273. The maximum atomic E-state index is 4.23. The molecule has 16 heavy (non-hydrogen) atoms. The van der Waals surface area contributed by atoms with Crippen LogP contribution in [0.4, 0.5) is 5.82 Å². The van der Waals surface area contributed by atoms with Gasteiger partial charge in [0.25, 0.3) is 0 Å². The molecule has 2 heterocycles. The van der Waals surface area contributed by atoms with Crippen LogP contribution in [0, 0.1) is 13.8 Å². The molecule has 0 bridgehead atoms. The van der Waals surface area contributed by atoms with Gasteiger partial charge in [0.05, 0.1) is 12.2 Å². The topological polar surface area (TPSA) is 53.6 Å². The number of rotatable bonds is 3. The van der Waals surface area contributed by atoms with E-state index in [1.54, 1.807) is 6.20 Å². The highest BCUT2D eigenvalue weighted by Gasteiger charge is 2.05. The van der Waals surface area contributed by atoms with E-state index >= 15 is 0 Å². The van der Waals surface area contributed by atoms with E-state index < -0.39 is 0 Å². The standard InChI is InChI=1S/C11H13BrN4/c1-7-8(2)15-16-10(7)6-14-11-5-9(12)3-4-13-11/h3-5H,6H2,1-2H3,(H,13,14)(H,15,16). The maximum Gasteiger partial charge on any atom is 0.127 e. The number of nitrogens with one attached hydrogen (secondary N) is 2. The van der Waals surface area contributed by atoms with Crippen molar-refractivity contribution in [1.29, 1.82) is 0 Å². The first kappa shape index (κ1) is 11.1. The lowest BCUT2D eigenvalue weighted by Gasteiger charge is -2.04. The molecule has 0 aliphatic heterocycles. The van der Waals surface area contributed by atoms with Crippen molar-refractivity contribution in [2.45, 2.75) is 20.4 Å². The zero-order chi connectivity index (χ0) is 11.5. The first-order valence-electron chi connectivity index (χ1n) is 5.02. The molecule has 0 atom stereocenters. The molecule has 0 aromatic carbocycles.